The van der Waals surface area contributed by atoms with Gasteiger partial charge in [0.25, 0.3) is 0 Å². The van der Waals surface area contributed by atoms with Crippen LogP contribution >= 0.6 is 46.6 Å². The van der Waals surface area contributed by atoms with Gasteiger partial charge in [-0.1, -0.05) is 72.5 Å². The highest BCUT2D eigenvalue weighted by atomic mass is 35.5. The van der Waals surface area contributed by atoms with Crippen molar-refractivity contribution < 1.29 is 4.79 Å². The molecule has 3 rings (SSSR count). The molecule has 3 aromatic rings. The number of hydrogen-bond acceptors (Lipinski definition) is 5. The Kier molecular flexibility index (Phi) is 7.05. The Hall–Kier alpha value is -1.80. The molecule has 10 heteroatoms. The molecule has 1 atom stereocenters. The van der Waals surface area contributed by atoms with Gasteiger partial charge in [0, 0.05) is 5.02 Å². The van der Waals surface area contributed by atoms with Crippen LogP contribution in [-0.2, 0) is 4.79 Å². The minimum atomic E-state index is -0.502. The van der Waals surface area contributed by atoms with E-state index < -0.39 is 5.25 Å². The topological polar surface area (TPSA) is 72.7 Å². The summed E-state index contributed by atoms with van der Waals surface area (Å²) in [5.74, 6) is 0.146. The van der Waals surface area contributed by atoms with Crippen molar-refractivity contribution in [2.75, 3.05) is 5.32 Å². The van der Waals surface area contributed by atoms with E-state index in [1.165, 1.54) is 29.5 Å². The molecule has 2 aromatic carbocycles. The SMILES string of the molecule is CC(Sc1nnnn1-c1ccc(C(C)C)cc1)C(=O)Nc1c(Cl)cc(Cl)cc1Cl. The van der Waals surface area contributed by atoms with Crippen LogP contribution < -0.4 is 5.32 Å². The highest BCUT2D eigenvalue weighted by molar-refractivity contribution is 8.00. The summed E-state index contributed by atoms with van der Waals surface area (Å²) in [5.41, 5.74) is 2.36. The minimum absolute atomic E-state index is 0.267. The Morgan fingerprint density at radius 3 is 2.28 bits per heavy atom. The molecule has 6 nitrogen and oxygen atoms in total. The predicted octanol–water partition coefficient (Wildman–Crippen LogP) is 5.87. The number of carbonyl (C=O) groups excluding carboxylic acids is 1. The average molecular weight is 471 g/mol. The zero-order valence-corrected chi connectivity index (χ0v) is 18.9. The van der Waals surface area contributed by atoms with Gasteiger partial charge in [0.05, 0.1) is 26.7 Å². The molecule has 0 aliphatic carbocycles. The van der Waals surface area contributed by atoms with Crippen LogP contribution in [0.3, 0.4) is 0 Å². The number of hydrogen-bond donors (Lipinski definition) is 1. The van der Waals surface area contributed by atoms with Crippen molar-refractivity contribution in [2.24, 2.45) is 0 Å². The van der Waals surface area contributed by atoms with E-state index >= 15 is 0 Å². The summed E-state index contributed by atoms with van der Waals surface area (Å²) in [7, 11) is 0. The Morgan fingerprint density at radius 2 is 1.69 bits per heavy atom. The normalized spacial score (nSPS) is 12.2. The molecular formula is C19H18Cl3N5OS. The van der Waals surface area contributed by atoms with Gasteiger partial charge in [0.1, 0.15) is 0 Å². The van der Waals surface area contributed by atoms with E-state index in [0.717, 1.165) is 5.69 Å². The largest absolute Gasteiger partial charge is 0.323 e. The number of halogens is 3. The first-order valence-corrected chi connectivity index (χ1v) is 10.8. The zero-order chi connectivity index (χ0) is 21.1. The Morgan fingerprint density at radius 1 is 1.07 bits per heavy atom. The summed E-state index contributed by atoms with van der Waals surface area (Å²) in [4.78, 5) is 12.6. The molecule has 0 bridgehead atoms. The molecule has 1 amide bonds. The summed E-state index contributed by atoms with van der Waals surface area (Å²) in [6, 6.07) is 11.0. The van der Waals surface area contributed by atoms with E-state index in [2.05, 4.69) is 34.7 Å². The summed E-state index contributed by atoms with van der Waals surface area (Å²) < 4.78 is 1.60. The molecule has 0 spiro atoms. The molecule has 0 fully saturated rings. The third-order valence-electron chi connectivity index (χ3n) is 4.15. The fraction of sp³-hybridized carbons (Fsp3) is 0.263. The van der Waals surface area contributed by atoms with Crippen LogP contribution in [0.2, 0.25) is 15.1 Å². The number of nitrogens with one attached hydrogen (secondary N) is 1. The number of thioether (sulfide) groups is 1. The minimum Gasteiger partial charge on any atom is -0.323 e. The lowest BCUT2D eigenvalue weighted by Crippen LogP contribution is -2.23. The molecule has 0 aliphatic heterocycles. The molecule has 0 radical (unpaired) electrons. The summed E-state index contributed by atoms with van der Waals surface area (Å²) in [6.45, 7) is 6.01. The quantitative estimate of drug-likeness (QED) is 0.456. The van der Waals surface area contributed by atoms with Crippen molar-refractivity contribution in [3.05, 3.63) is 57.0 Å². The first-order chi connectivity index (χ1) is 13.8. The second kappa shape index (κ2) is 9.34. The van der Waals surface area contributed by atoms with Crippen molar-refractivity contribution in [3.63, 3.8) is 0 Å². The monoisotopic (exact) mass is 469 g/mol. The first kappa shape index (κ1) is 21.9. The maximum Gasteiger partial charge on any atom is 0.237 e. The number of tetrazole rings is 1. The number of rotatable bonds is 6. The molecule has 29 heavy (non-hydrogen) atoms. The van der Waals surface area contributed by atoms with E-state index in [0.29, 0.717) is 21.8 Å². The van der Waals surface area contributed by atoms with Gasteiger partial charge in [0.2, 0.25) is 11.1 Å². The lowest BCUT2D eigenvalue weighted by molar-refractivity contribution is -0.115. The van der Waals surface area contributed by atoms with Crippen molar-refractivity contribution in [1.29, 1.82) is 0 Å². The highest BCUT2D eigenvalue weighted by Crippen LogP contribution is 2.34. The molecule has 1 heterocycles. The number of carbonyl (C=O) groups is 1. The van der Waals surface area contributed by atoms with Crippen LogP contribution in [0.4, 0.5) is 5.69 Å². The maximum absolute atomic E-state index is 12.6. The van der Waals surface area contributed by atoms with Crippen LogP contribution in [0, 0.1) is 0 Å². The molecule has 0 aliphatic rings. The molecule has 0 saturated heterocycles. The van der Waals surface area contributed by atoms with E-state index in [1.54, 1.807) is 11.6 Å². The van der Waals surface area contributed by atoms with Crippen LogP contribution in [0.15, 0.2) is 41.6 Å². The Bertz CT molecular complexity index is 1000. The second-order valence-electron chi connectivity index (χ2n) is 6.61. The number of anilines is 1. The van der Waals surface area contributed by atoms with E-state index in [4.69, 9.17) is 34.8 Å². The Balaban J connectivity index is 1.74. The molecule has 1 N–H and O–H groups in total. The molecular weight excluding hydrogens is 453 g/mol. The summed E-state index contributed by atoms with van der Waals surface area (Å²) >= 11 is 19.4. The maximum atomic E-state index is 12.6. The van der Waals surface area contributed by atoms with Crippen molar-refractivity contribution in [1.82, 2.24) is 20.2 Å². The third-order valence-corrected chi connectivity index (χ3v) is 6.00. The highest BCUT2D eigenvalue weighted by Gasteiger charge is 2.21. The van der Waals surface area contributed by atoms with Crippen molar-refractivity contribution >= 4 is 58.2 Å². The van der Waals surface area contributed by atoms with Gasteiger partial charge in [-0.25, -0.2) is 0 Å². The third kappa shape index (κ3) is 5.22. The lowest BCUT2D eigenvalue weighted by atomic mass is 10.0. The lowest BCUT2D eigenvalue weighted by Gasteiger charge is -2.14. The van der Waals surface area contributed by atoms with Crippen LogP contribution in [0.5, 0.6) is 0 Å². The van der Waals surface area contributed by atoms with E-state index in [1.807, 2.05) is 24.3 Å². The number of amides is 1. The molecule has 1 unspecified atom stereocenters. The Labute approximate surface area is 187 Å². The zero-order valence-electron chi connectivity index (χ0n) is 15.9. The van der Waals surface area contributed by atoms with Gasteiger partial charge >= 0.3 is 0 Å². The van der Waals surface area contributed by atoms with Crippen molar-refractivity contribution in [3.8, 4) is 5.69 Å². The van der Waals surface area contributed by atoms with Gasteiger partial charge in [-0.05, 0) is 53.1 Å². The standard InChI is InChI=1S/C19H18Cl3N5OS/c1-10(2)12-4-6-14(7-5-12)27-19(24-25-26-27)29-11(3)18(28)23-17-15(21)8-13(20)9-16(17)22/h4-11H,1-3H3,(H,23,28). The van der Waals surface area contributed by atoms with Crippen LogP contribution in [-0.4, -0.2) is 31.4 Å². The van der Waals surface area contributed by atoms with Gasteiger partial charge in [-0.15, -0.1) is 5.10 Å². The van der Waals surface area contributed by atoms with E-state index in [9.17, 15) is 4.79 Å². The predicted molar refractivity (Wildman–Crippen MR) is 119 cm³/mol. The van der Waals surface area contributed by atoms with Gasteiger partial charge < -0.3 is 5.32 Å². The number of nitrogens with zero attached hydrogens (tertiary/aromatic N) is 4. The molecule has 1 aromatic heterocycles. The summed E-state index contributed by atoms with van der Waals surface area (Å²) in [6.07, 6.45) is 0. The smallest absolute Gasteiger partial charge is 0.237 e. The van der Waals surface area contributed by atoms with Gasteiger partial charge in [-0.3, -0.25) is 4.79 Å². The van der Waals surface area contributed by atoms with Crippen LogP contribution in [0.25, 0.3) is 5.69 Å². The second-order valence-corrected chi connectivity index (χ2v) is 9.17. The molecule has 152 valence electrons. The number of aromatic nitrogens is 4. The average Bonchev–Trinajstić information content (AvgIpc) is 3.12. The van der Waals surface area contributed by atoms with Crippen LogP contribution in [0.1, 0.15) is 32.3 Å². The van der Waals surface area contributed by atoms with E-state index in [-0.39, 0.29) is 16.0 Å². The number of benzene rings is 2. The van der Waals surface area contributed by atoms with Gasteiger partial charge in [-0.2, -0.15) is 4.68 Å². The van der Waals surface area contributed by atoms with Gasteiger partial charge in [0.15, 0.2) is 0 Å². The fourth-order valence-electron chi connectivity index (χ4n) is 2.51. The summed E-state index contributed by atoms with van der Waals surface area (Å²) in [5, 5.41) is 15.5. The fourth-order valence-corrected chi connectivity index (χ4v) is 4.23. The molecule has 0 saturated carbocycles. The van der Waals surface area contributed by atoms with Crippen molar-refractivity contribution in [2.45, 2.75) is 37.1 Å². The first-order valence-electron chi connectivity index (χ1n) is 8.77.